The lowest BCUT2D eigenvalue weighted by Gasteiger charge is -2.24. The molecule has 6 nitrogen and oxygen atoms in total. The van der Waals surface area contributed by atoms with Gasteiger partial charge >= 0.3 is 0 Å². The van der Waals surface area contributed by atoms with Crippen molar-refractivity contribution in [3.63, 3.8) is 0 Å². The predicted octanol–water partition coefficient (Wildman–Crippen LogP) is 2.71. The summed E-state index contributed by atoms with van der Waals surface area (Å²) < 4.78 is 5.46. The van der Waals surface area contributed by atoms with Gasteiger partial charge in [-0.05, 0) is 31.0 Å². The fraction of sp³-hybridized carbons (Fsp3) is 0.600. The minimum atomic E-state index is -0.0252. The number of carbonyl (C=O) groups is 1. The first-order valence-electron chi connectivity index (χ1n) is 9.46. The van der Waals surface area contributed by atoms with E-state index >= 15 is 0 Å². The topological polar surface area (TPSA) is 66.0 Å². The number of amides is 1. The van der Waals surface area contributed by atoms with Crippen LogP contribution in [0.5, 0.6) is 0 Å². The van der Waals surface area contributed by atoms with Crippen LogP contribution in [-0.4, -0.2) is 50.1 Å². The molecule has 1 heterocycles. The van der Waals surface area contributed by atoms with E-state index in [1.54, 1.807) is 0 Å². The molecule has 1 aromatic carbocycles. The fourth-order valence-corrected chi connectivity index (χ4v) is 2.82. The SMILES string of the molecule is CCNC(=NCc1ccc(NC(=O)C(C)C)cc1)N(C)CC1CCOC1. The van der Waals surface area contributed by atoms with Crippen molar-refractivity contribution in [2.24, 2.45) is 16.8 Å². The molecule has 2 rings (SSSR count). The first kappa shape index (κ1) is 20.2. The fourth-order valence-electron chi connectivity index (χ4n) is 2.82. The van der Waals surface area contributed by atoms with Crippen molar-refractivity contribution in [1.29, 1.82) is 0 Å². The van der Waals surface area contributed by atoms with Crippen LogP contribution in [0.15, 0.2) is 29.3 Å². The first-order chi connectivity index (χ1) is 12.5. The van der Waals surface area contributed by atoms with Gasteiger partial charge < -0.3 is 20.3 Å². The maximum atomic E-state index is 11.7. The number of hydrogen-bond donors (Lipinski definition) is 2. The number of aliphatic imine (C=N–C) groups is 1. The third-order valence-electron chi connectivity index (χ3n) is 4.41. The van der Waals surface area contributed by atoms with Gasteiger partial charge in [0.25, 0.3) is 0 Å². The lowest BCUT2D eigenvalue weighted by atomic mass is 10.1. The summed E-state index contributed by atoms with van der Waals surface area (Å²) >= 11 is 0. The summed E-state index contributed by atoms with van der Waals surface area (Å²) in [6.45, 7) is 9.94. The third kappa shape index (κ3) is 6.33. The molecule has 1 atom stereocenters. The summed E-state index contributed by atoms with van der Waals surface area (Å²) in [5.41, 5.74) is 1.93. The summed E-state index contributed by atoms with van der Waals surface area (Å²) in [6.07, 6.45) is 1.12. The molecule has 0 bridgehead atoms. The Bertz CT molecular complexity index is 592. The van der Waals surface area contributed by atoms with Crippen LogP contribution in [0.3, 0.4) is 0 Å². The van der Waals surface area contributed by atoms with Gasteiger partial charge in [-0.3, -0.25) is 4.79 Å². The molecule has 144 valence electrons. The van der Waals surface area contributed by atoms with E-state index in [1.165, 1.54) is 0 Å². The van der Waals surface area contributed by atoms with Crippen LogP contribution in [0.1, 0.15) is 32.8 Å². The van der Waals surface area contributed by atoms with Gasteiger partial charge in [-0.2, -0.15) is 0 Å². The van der Waals surface area contributed by atoms with E-state index in [1.807, 2.05) is 38.1 Å². The van der Waals surface area contributed by atoms with Gasteiger partial charge in [0.1, 0.15) is 0 Å². The van der Waals surface area contributed by atoms with Crippen molar-refractivity contribution < 1.29 is 9.53 Å². The minimum absolute atomic E-state index is 0.0252. The average Bonchev–Trinajstić information content (AvgIpc) is 3.12. The summed E-state index contributed by atoms with van der Waals surface area (Å²) in [7, 11) is 2.07. The molecule has 0 aliphatic carbocycles. The van der Waals surface area contributed by atoms with Gasteiger partial charge in [0, 0.05) is 44.3 Å². The molecule has 6 heteroatoms. The highest BCUT2D eigenvalue weighted by Gasteiger charge is 2.19. The van der Waals surface area contributed by atoms with Crippen molar-refractivity contribution in [2.45, 2.75) is 33.7 Å². The normalized spacial score (nSPS) is 17.4. The number of nitrogens with one attached hydrogen (secondary N) is 2. The Kier molecular flexibility index (Phi) is 7.91. The van der Waals surface area contributed by atoms with Crippen LogP contribution in [-0.2, 0) is 16.1 Å². The number of carbonyl (C=O) groups excluding carboxylic acids is 1. The number of benzene rings is 1. The lowest BCUT2D eigenvalue weighted by Crippen LogP contribution is -2.41. The van der Waals surface area contributed by atoms with Crippen LogP contribution in [0.2, 0.25) is 0 Å². The maximum Gasteiger partial charge on any atom is 0.226 e. The quantitative estimate of drug-likeness (QED) is 0.580. The van der Waals surface area contributed by atoms with Crippen molar-refractivity contribution in [3.8, 4) is 0 Å². The molecule has 1 aliphatic heterocycles. The largest absolute Gasteiger partial charge is 0.381 e. The average molecular weight is 361 g/mol. The summed E-state index contributed by atoms with van der Waals surface area (Å²) in [4.78, 5) is 18.7. The highest BCUT2D eigenvalue weighted by Crippen LogP contribution is 2.14. The van der Waals surface area contributed by atoms with E-state index in [2.05, 4.69) is 29.5 Å². The Morgan fingerprint density at radius 3 is 2.65 bits per heavy atom. The maximum absolute atomic E-state index is 11.7. The zero-order chi connectivity index (χ0) is 18.9. The van der Waals surface area contributed by atoms with Gasteiger partial charge in [0.05, 0.1) is 13.2 Å². The number of ether oxygens (including phenoxy) is 1. The van der Waals surface area contributed by atoms with Crippen molar-refractivity contribution in [1.82, 2.24) is 10.2 Å². The number of rotatable bonds is 7. The number of anilines is 1. The zero-order valence-corrected chi connectivity index (χ0v) is 16.4. The van der Waals surface area contributed by atoms with Gasteiger partial charge in [-0.1, -0.05) is 26.0 Å². The predicted molar refractivity (Wildman–Crippen MR) is 106 cm³/mol. The molecule has 1 aliphatic rings. The van der Waals surface area contributed by atoms with Crippen LogP contribution < -0.4 is 10.6 Å². The van der Waals surface area contributed by atoms with E-state index in [0.717, 1.165) is 49.9 Å². The van der Waals surface area contributed by atoms with Crippen molar-refractivity contribution in [2.75, 3.05) is 38.7 Å². The lowest BCUT2D eigenvalue weighted by molar-refractivity contribution is -0.118. The monoisotopic (exact) mass is 360 g/mol. The molecule has 1 fully saturated rings. The Labute approximate surface area is 157 Å². The Balaban J connectivity index is 1.94. The van der Waals surface area contributed by atoms with Gasteiger partial charge in [0.15, 0.2) is 5.96 Å². The van der Waals surface area contributed by atoms with E-state index in [-0.39, 0.29) is 11.8 Å². The molecule has 1 unspecified atom stereocenters. The molecule has 0 aromatic heterocycles. The molecule has 0 spiro atoms. The highest BCUT2D eigenvalue weighted by molar-refractivity contribution is 5.92. The molecule has 26 heavy (non-hydrogen) atoms. The number of nitrogens with zero attached hydrogens (tertiary/aromatic N) is 2. The molecule has 0 saturated carbocycles. The molecule has 1 amide bonds. The van der Waals surface area contributed by atoms with Crippen LogP contribution in [0, 0.1) is 11.8 Å². The molecular formula is C20H32N4O2. The first-order valence-corrected chi connectivity index (χ1v) is 9.46. The van der Waals surface area contributed by atoms with Crippen LogP contribution >= 0.6 is 0 Å². The van der Waals surface area contributed by atoms with Crippen molar-refractivity contribution >= 4 is 17.6 Å². The van der Waals surface area contributed by atoms with E-state index in [4.69, 9.17) is 9.73 Å². The molecule has 2 N–H and O–H groups in total. The Morgan fingerprint density at radius 1 is 1.35 bits per heavy atom. The molecular weight excluding hydrogens is 328 g/mol. The standard InChI is InChI=1S/C20H32N4O2/c1-5-21-20(24(4)13-17-10-11-26-14-17)22-12-16-6-8-18(9-7-16)23-19(25)15(2)3/h6-9,15,17H,5,10-14H2,1-4H3,(H,21,22)(H,23,25). The van der Waals surface area contributed by atoms with Crippen molar-refractivity contribution in [3.05, 3.63) is 29.8 Å². The number of guanidine groups is 1. The van der Waals surface area contributed by atoms with E-state index in [9.17, 15) is 4.79 Å². The summed E-state index contributed by atoms with van der Waals surface area (Å²) in [5, 5.41) is 6.26. The molecule has 1 aromatic rings. The Hall–Kier alpha value is -2.08. The second-order valence-electron chi connectivity index (χ2n) is 7.12. The third-order valence-corrected chi connectivity index (χ3v) is 4.41. The summed E-state index contributed by atoms with van der Waals surface area (Å²) in [5.74, 6) is 1.50. The second kappa shape index (κ2) is 10.2. The number of hydrogen-bond acceptors (Lipinski definition) is 3. The van der Waals surface area contributed by atoms with Gasteiger partial charge in [-0.25, -0.2) is 4.99 Å². The smallest absolute Gasteiger partial charge is 0.226 e. The minimum Gasteiger partial charge on any atom is -0.381 e. The second-order valence-corrected chi connectivity index (χ2v) is 7.12. The molecule has 1 saturated heterocycles. The van der Waals surface area contributed by atoms with Gasteiger partial charge in [0.2, 0.25) is 5.91 Å². The van der Waals surface area contributed by atoms with Gasteiger partial charge in [-0.15, -0.1) is 0 Å². The zero-order valence-electron chi connectivity index (χ0n) is 16.4. The van der Waals surface area contributed by atoms with Crippen LogP contribution in [0.25, 0.3) is 0 Å². The molecule has 0 radical (unpaired) electrons. The Morgan fingerprint density at radius 2 is 2.08 bits per heavy atom. The van der Waals surface area contributed by atoms with E-state index < -0.39 is 0 Å². The highest BCUT2D eigenvalue weighted by atomic mass is 16.5. The summed E-state index contributed by atoms with van der Waals surface area (Å²) in [6, 6.07) is 7.87. The van der Waals surface area contributed by atoms with Crippen LogP contribution in [0.4, 0.5) is 5.69 Å². The van der Waals surface area contributed by atoms with E-state index in [0.29, 0.717) is 12.5 Å².